The maximum Gasteiger partial charge on any atom is 0.273 e. The third kappa shape index (κ3) is 2.85. The standard InChI is InChI=1S/C14H22N4O2/c1-10-8-17(9-11(2)16(10)4)13-5-12(15-3)6-14(7-13)18(19)20/h5-7,10-11,15H,8-9H2,1-4H3. The summed E-state index contributed by atoms with van der Waals surface area (Å²) in [5.74, 6) is 0. The minimum absolute atomic E-state index is 0.131. The number of hydrogen-bond acceptors (Lipinski definition) is 5. The van der Waals surface area contributed by atoms with Crippen molar-refractivity contribution in [3.63, 3.8) is 0 Å². The minimum atomic E-state index is -0.340. The van der Waals surface area contributed by atoms with Gasteiger partial charge in [0.1, 0.15) is 0 Å². The van der Waals surface area contributed by atoms with E-state index in [-0.39, 0.29) is 10.6 Å². The summed E-state index contributed by atoms with van der Waals surface area (Å²) < 4.78 is 0. The van der Waals surface area contributed by atoms with Gasteiger partial charge in [-0.25, -0.2) is 0 Å². The third-order valence-electron chi connectivity index (χ3n) is 4.13. The van der Waals surface area contributed by atoms with Crippen molar-refractivity contribution < 1.29 is 4.92 Å². The summed E-state index contributed by atoms with van der Waals surface area (Å²) in [7, 11) is 3.90. The molecule has 0 aliphatic carbocycles. The van der Waals surface area contributed by atoms with Gasteiger partial charge in [0.05, 0.1) is 4.92 Å². The van der Waals surface area contributed by atoms with Crippen molar-refractivity contribution in [1.82, 2.24) is 4.90 Å². The Labute approximate surface area is 119 Å². The lowest BCUT2D eigenvalue weighted by Crippen LogP contribution is -2.55. The number of non-ortho nitro benzene ring substituents is 1. The number of rotatable bonds is 3. The second kappa shape index (κ2) is 5.66. The fourth-order valence-electron chi connectivity index (χ4n) is 2.64. The molecule has 110 valence electrons. The highest BCUT2D eigenvalue weighted by atomic mass is 16.6. The van der Waals surface area contributed by atoms with E-state index in [2.05, 4.69) is 36.0 Å². The smallest absolute Gasteiger partial charge is 0.273 e. The van der Waals surface area contributed by atoms with E-state index in [4.69, 9.17) is 0 Å². The fraction of sp³-hybridized carbons (Fsp3) is 0.571. The number of benzene rings is 1. The third-order valence-corrected chi connectivity index (χ3v) is 4.13. The van der Waals surface area contributed by atoms with Gasteiger partial charge in [-0.1, -0.05) is 0 Å². The van der Waals surface area contributed by atoms with Crippen LogP contribution in [0.25, 0.3) is 0 Å². The molecular weight excluding hydrogens is 256 g/mol. The summed E-state index contributed by atoms with van der Waals surface area (Å²) in [5.41, 5.74) is 1.81. The predicted octanol–water partition coefficient (Wildman–Crippen LogP) is 2.17. The first kappa shape index (κ1) is 14.6. The average Bonchev–Trinajstić information content (AvgIpc) is 2.43. The Bertz CT molecular complexity index is 494. The minimum Gasteiger partial charge on any atom is -0.388 e. The zero-order valence-electron chi connectivity index (χ0n) is 12.5. The Kier molecular flexibility index (Phi) is 4.13. The van der Waals surface area contributed by atoms with Crippen LogP contribution in [0.15, 0.2) is 18.2 Å². The second-order valence-corrected chi connectivity index (χ2v) is 5.51. The first-order valence-electron chi connectivity index (χ1n) is 6.86. The van der Waals surface area contributed by atoms with E-state index >= 15 is 0 Å². The normalized spacial score (nSPS) is 23.7. The van der Waals surface area contributed by atoms with Gasteiger partial charge in [-0.05, 0) is 27.0 Å². The molecule has 0 spiro atoms. The van der Waals surface area contributed by atoms with E-state index in [1.807, 2.05) is 6.07 Å². The van der Waals surface area contributed by atoms with Gasteiger partial charge in [0.15, 0.2) is 0 Å². The van der Waals surface area contributed by atoms with Crippen LogP contribution in [0.3, 0.4) is 0 Å². The summed E-state index contributed by atoms with van der Waals surface area (Å²) >= 11 is 0. The molecule has 1 fully saturated rings. The molecule has 1 aliphatic heterocycles. The maximum atomic E-state index is 11.0. The number of nitro benzene ring substituents is 1. The van der Waals surface area contributed by atoms with Crippen LogP contribution in [0.4, 0.5) is 17.1 Å². The number of likely N-dealkylation sites (N-methyl/N-ethyl adjacent to an activating group) is 1. The van der Waals surface area contributed by atoms with Gasteiger partial charge in [-0.2, -0.15) is 0 Å². The number of nitrogens with zero attached hydrogens (tertiary/aromatic N) is 3. The Hall–Kier alpha value is -1.82. The van der Waals surface area contributed by atoms with Crippen molar-refractivity contribution in [2.45, 2.75) is 25.9 Å². The number of piperazine rings is 1. The lowest BCUT2D eigenvalue weighted by atomic mass is 10.1. The van der Waals surface area contributed by atoms with Gasteiger partial charge in [0.25, 0.3) is 5.69 Å². The summed E-state index contributed by atoms with van der Waals surface area (Å²) in [6, 6.07) is 6.04. The van der Waals surface area contributed by atoms with E-state index in [0.29, 0.717) is 12.1 Å². The van der Waals surface area contributed by atoms with Gasteiger partial charge >= 0.3 is 0 Å². The van der Waals surface area contributed by atoms with Gasteiger partial charge in [-0.15, -0.1) is 0 Å². The first-order valence-corrected chi connectivity index (χ1v) is 6.86. The van der Waals surface area contributed by atoms with Crippen LogP contribution in [-0.2, 0) is 0 Å². The van der Waals surface area contributed by atoms with E-state index in [1.165, 1.54) is 0 Å². The first-order chi connectivity index (χ1) is 9.42. The summed E-state index contributed by atoms with van der Waals surface area (Å²) in [4.78, 5) is 15.3. The molecule has 0 aromatic heterocycles. The molecule has 2 unspecified atom stereocenters. The summed E-state index contributed by atoms with van der Waals surface area (Å²) in [6.45, 7) is 6.12. The van der Waals surface area contributed by atoms with Crippen LogP contribution < -0.4 is 10.2 Å². The molecule has 1 saturated heterocycles. The van der Waals surface area contributed by atoms with Crippen molar-refractivity contribution in [2.24, 2.45) is 0 Å². The SMILES string of the molecule is CNc1cc(N2CC(C)N(C)C(C)C2)cc([N+](=O)[O-])c1. The number of nitrogens with one attached hydrogen (secondary N) is 1. The fourth-order valence-corrected chi connectivity index (χ4v) is 2.64. The molecule has 0 saturated carbocycles. The van der Waals surface area contributed by atoms with Crippen LogP contribution in [0, 0.1) is 10.1 Å². The van der Waals surface area contributed by atoms with Crippen molar-refractivity contribution in [1.29, 1.82) is 0 Å². The predicted molar refractivity (Wildman–Crippen MR) is 81.5 cm³/mol. The zero-order chi connectivity index (χ0) is 14.9. The van der Waals surface area contributed by atoms with Crippen LogP contribution in [0.2, 0.25) is 0 Å². The molecule has 20 heavy (non-hydrogen) atoms. The largest absolute Gasteiger partial charge is 0.388 e. The Morgan fingerprint density at radius 3 is 2.35 bits per heavy atom. The van der Waals surface area contributed by atoms with Gasteiger partial charge < -0.3 is 10.2 Å². The molecule has 6 heteroatoms. The molecule has 0 radical (unpaired) electrons. The number of hydrogen-bond donors (Lipinski definition) is 1. The van der Waals surface area contributed by atoms with Crippen molar-refractivity contribution in [2.75, 3.05) is 37.4 Å². The average molecular weight is 278 g/mol. The number of anilines is 2. The molecule has 1 aliphatic rings. The van der Waals surface area contributed by atoms with Crippen molar-refractivity contribution in [3.8, 4) is 0 Å². The Morgan fingerprint density at radius 2 is 1.85 bits per heavy atom. The zero-order valence-corrected chi connectivity index (χ0v) is 12.5. The molecule has 1 heterocycles. The molecule has 0 bridgehead atoms. The van der Waals surface area contributed by atoms with Gasteiger partial charge in [0.2, 0.25) is 0 Å². The van der Waals surface area contributed by atoms with E-state index < -0.39 is 0 Å². The lowest BCUT2D eigenvalue weighted by Gasteiger charge is -2.43. The van der Waals surface area contributed by atoms with Crippen LogP contribution in [-0.4, -0.2) is 49.1 Å². The van der Waals surface area contributed by atoms with E-state index in [9.17, 15) is 10.1 Å². The number of nitro groups is 1. The molecule has 1 aromatic rings. The second-order valence-electron chi connectivity index (χ2n) is 5.51. The molecule has 1 N–H and O–H groups in total. The quantitative estimate of drug-likeness (QED) is 0.678. The maximum absolute atomic E-state index is 11.0. The summed E-state index contributed by atoms with van der Waals surface area (Å²) in [5, 5.41) is 14.0. The summed E-state index contributed by atoms with van der Waals surface area (Å²) in [6.07, 6.45) is 0. The van der Waals surface area contributed by atoms with Gasteiger partial charge in [-0.3, -0.25) is 15.0 Å². The molecule has 1 aromatic carbocycles. The molecule has 2 rings (SSSR count). The van der Waals surface area contributed by atoms with Crippen LogP contribution >= 0.6 is 0 Å². The Morgan fingerprint density at radius 1 is 1.25 bits per heavy atom. The molecular formula is C14H22N4O2. The Balaban J connectivity index is 2.32. The topological polar surface area (TPSA) is 61.6 Å². The van der Waals surface area contributed by atoms with E-state index in [0.717, 1.165) is 24.5 Å². The van der Waals surface area contributed by atoms with Crippen LogP contribution in [0.1, 0.15) is 13.8 Å². The van der Waals surface area contributed by atoms with E-state index in [1.54, 1.807) is 19.2 Å². The monoisotopic (exact) mass is 278 g/mol. The lowest BCUT2D eigenvalue weighted by molar-refractivity contribution is -0.384. The highest BCUT2D eigenvalue weighted by molar-refractivity contribution is 5.64. The van der Waals surface area contributed by atoms with Crippen LogP contribution in [0.5, 0.6) is 0 Å². The van der Waals surface area contributed by atoms with Gasteiger partial charge in [0, 0.05) is 55.7 Å². The van der Waals surface area contributed by atoms with Crippen molar-refractivity contribution in [3.05, 3.63) is 28.3 Å². The molecule has 2 atom stereocenters. The highest BCUT2D eigenvalue weighted by Crippen LogP contribution is 2.29. The molecule has 0 amide bonds. The highest BCUT2D eigenvalue weighted by Gasteiger charge is 2.27. The van der Waals surface area contributed by atoms with Crippen molar-refractivity contribution >= 4 is 17.1 Å². The molecule has 6 nitrogen and oxygen atoms in total.